The number of aliphatic hydroxyl groups is 1. The molecule has 2 aliphatic rings. The van der Waals surface area contributed by atoms with Crippen molar-refractivity contribution in [1.29, 1.82) is 0 Å². The second kappa shape index (κ2) is 5.89. The second-order valence-corrected chi connectivity index (χ2v) is 6.80. The van der Waals surface area contributed by atoms with E-state index in [1.54, 1.807) is 0 Å². The summed E-state index contributed by atoms with van der Waals surface area (Å²) in [6, 6.07) is 1.32. The highest BCUT2D eigenvalue weighted by atomic mass is 16.3. The van der Waals surface area contributed by atoms with Crippen LogP contribution in [-0.2, 0) is 0 Å². The normalized spacial score (nSPS) is 36.2. The van der Waals surface area contributed by atoms with Crippen LogP contribution < -0.4 is 10.6 Å². The molecule has 0 aromatic rings. The Bertz CT molecular complexity index is 259. The van der Waals surface area contributed by atoms with E-state index in [2.05, 4.69) is 24.5 Å². The molecule has 3 heteroatoms. The molecule has 1 aliphatic carbocycles. The monoisotopic (exact) mass is 254 g/mol. The molecule has 1 saturated heterocycles. The van der Waals surface area contributed by atoms with Gasteiger partial charge in [-0.3, -0.25) is 0 Å². The van der Waals surface area contributed by atoms with Gasteiger partial charge in [0.2, 0.25) is 0 Å². The summed E-state index contributed by atoms with van der Waals surface area (Å²) in [5, 5.41) is 17.6. The summed E-state index contributed by atoms with van der Waals surface area (Å²) in [6.07, 6.45) is 6.63. The van der Waals surface area contributed by atoms with Crippen LogP contribution in [0.1, 0.15) is 52.9 Å². The standard InChI is InChI=1S/C15H30N2O/c1-11(2)15(3,18)10-17-14-7-4-6-12(14)13-8-5-9-16-13/h11-14,16-18H,4-10H2,1-3H3. The molecule has 2 rings (SSSR count). The lowest BCUT2D eigenvalue weighted by molar-refractivity contribution is 0.0103. The highest BCUT2D eigenvalue weighted by Crippen LogP contribution is 2.32. The van der Waals surface area contributed by atoms with Crippen LogP contribution in [0.5, 0.6) is 0 Å². The zero-order valence-corrected chi connectivity index (χ0v) is 12.2. The molecule has 1 heterocycles. The first-order valence-corrected chi connectivity index (χ1v) is 7.70. The molecule has 106 valence electrons. The van der Waals surface area contributed by atoms with Crippen molar-refractivity contribution in [1.82, 2.24) is 10.6 Å². The third kappa shape index (κ3) is 3.25. The average molecular weight is 254 g/mol. The van der Waals surface area contributed by atoms with Crippen LogP contribution in [0, 0.1) is 11.8 Å². The SMILES string of the molecule is CC(C)C(C)(O)CNC1CCCC1C1CCCN1. The Morgan fingerprint density at radius 3 is 2.67 bits per heavy atom. The molecule has 4 unspecified atom stereocenters. The topological polar surface area (TPSA) is 44.3 Å². The number of nitrogens with one attached hydrogen (secondary N) is 2. The Morgan fingerprint density at radius 1 is 1.28 bits per heavy atom. The molecule has 0 amide bonds. The van der Waals surface area contributed by atoms with Crippen LogP contribution in [0.15, 0.2) is 0 Å². The van der Waals surface area contributed by atoms with Gasteiger partial charge in [0.1, 0.15) is 0 Å². The minimum Gasteiger partial charge on any atom is -0.389 e. The smallest absolute Gasteiger partial charge is 0.0766 e. The molecule has 0 aromatic heterocycles. The number of hydrogen-bond acceptors (Lipinski definition) is 3. The maximum Gasteiger partial charge on any atom is 0.0766 e. The molecule has 1 saturated carbocycles. The van der Waals surface area contributed by atoms with Gasteiger partial charge < -0.3 is 15.7 Å². The summed E-state index contributed by atoms with van der Waals surface area (Å²) in [6.45, 7) is 8.04. The van der Waals surface area contributed by atoms with Gasteiger partial charge in [-0.15, -0.1) is 0 Å². The van der Waals surface area contributed by atoms with E-state index < -0.39 is 5.60 Å². The van der Waals surface area contributed by atoms with E-state index in [9.17, 15) is 5.11 Å². The molecule has 3 N–H and O–H groups in total. The number of hydrogen-bond donors (Lipinski definition) is 3. The Morgan fingerprint density at radius 2 is 2.06 bits per heavy atom. The zero-order valence-electron chi connectivity index (χ0n) is 12.2. The highest BCUT2D eigenvalue weighted by Gasteiger charge is 2.36. The van der Waals surface area contributed by atoms with E-state index in [1.165, 1.54) is 38.6 Å². The molecular weight excluding hydrogens is 224 g/mol. The molecule has 0 radical (unpaired) electrons. The first kappa shape index (κ1) is 14.3. The van der Waals surface area contributed by atoms with Gasteiger partial charge in [0.15, 0.2) is 0 Å². The van der Waals surface area contributed by atoms with Crippen molar-refractivity contribution in [2.45, 2.75) is 70.6 Å². The van der Waals surface area contributed by atoms with Crippen molar-refractivity contribution in [2.24, 2.45) is 11.8 Å². The van der Waals surface area contributed by atoms with Crippen LogP contribution >= 0.6 is 0 Å². The van der Waals surface area contributed by atoms with Crippen molar-refractivity contribution >= 4 is 0 Å². The fourth-order valence-corrected chi connectivity index (χ4v) is 3.34. The molecule has 2 fully saturated rings. The van der Waals surface area contributed by atoms with E-state index >= 15 is 0 Å². The first-order chi connectivity index (χ1) is 8.50. The summed E-state index contributed by atoms with van der Waals surface area (Å²) in [5.74, 6) is 1.07. The summed E-state index contributed by atoms with van der Waals surface area (Å²) < 4.78 is 0. The third-order valence-corrected chi connectivity index (χ3v) is 5.15. The van der Waals surface area contributed by atoms with Gasteiger partial charge >= 0.3 is 0 Å². The van der Waals surface area contributed by atoms with Crippen molar-refractivity contribution < 1.29 is 5.11 Å². The largest absolute Gasteiger partial charge is 0.389 e. The predicted molar refractivity (Wildman–Crippen MR) is 75.6 cm³/mol. The molecule has 0 bridgehead atoms. The fraction of sp³-hybridized carbons (Fsp3) is 1.00. The van der Waals surface area contributed by atoms with E-state index in [0.29, 0.717) is 18.0 Å². The first-order valence-electron chi connectivity index (χ1n) is 7.70. The summed E-state index contributed by atoms with van der Waals surface area (Å²) in [7, 11) is 0. The molecule has 18 heavy (non-hydrogen) atoms. The Labute approximate surface area is 112 Å². The lowest BCUT2D eigenvalue weighted by atomic mass is 9.90. The molecule has 4 atom stereocenters. The minimum absolute atomic E-state index is 0.300. The quantitative estimate of drug-likeness (QED) is 0.702. The van der Waals surface area contributed by atoms with Gasteiger partial charge in [0.25, 0.3) is 0 Å². The van der Waals surface area contributed by atoms with Crippen molar-refractivity contribution in [2.75, 3.05) is 13.1 Å². The maximum atomic E-state index is 10.3. The van der Waals surface area contributed by atoms with Crippen LogP contribution in [0.3, 0.4) is 0 Å². The van der Waals surface area contributed by atoms with Gasteiger partial charge in [0, 0.05) is 18.6 Å². The summed E-state index contributed by atoms with van der Waals surface area (Å²) in [5.41, 5.74) is -0.587. The molecule has 1 aliphatic heterocycles. The predicted octanol–water partition coefficient (Wildman–Crippen LogP) is 1.90. The van der Waals surface area contributed by atoms with Gasteiger partial charge in [0.05, 0.1) is 5.60 Å². The molecular formula is C15H30N2O. The van der Waals surface area contributed by atoms with Crippen LogP contribution in [0.2, 0.25) is 0 Å². The van der Waals surface area contributed by atoms with E-state index in [0.717, 1.165) is 12.5 Å². The molecule has 0 aromatic carbocycles. The van der Waals surface area contributed by atoms with Crippen molar-refractivity contribution in [3.05, 3.63) is 0 Å². The van der Waals surface area contributed by atoms with Crippen LogP contribution in [0.25, 0.3) is 0 Å². The van der Waals surface area contributed by atoms with E-state index in [1.807, 2.05) is 6.92 Å². The summed E-state index contributed by atoms with van der Waals surface area (Å²) >= 11 is 0. The minimum atomic E-state index is -0.587. The van der Waals surface area contributed by atoms with Crippen molar-refractivity contribution in [3.63, 3.8) is 0 Å². The van der Waals surface area contributed by atoms with Gasteiger partial charge in [-0.05, 0) is 51.0 Å². The number of rotatable bonds is 5. The average Bonchev–Trinajstić information content (AvgIpc) is 2.96. The zero-order chi connectivity index (χ0) is 13.2. The van der Waals surface area contributed by atoms with Crippen LogP contribution in [-0.4, -0.2) is 35.9 Å². The van der Waals surface area contributed by atoms with E-state index in [4.69, 9.17) is 0 Å². The summed E-state index contributed by atoms with van der Waals surface area (Å²) in [4.78, 5) is 0. The van der Waals surface area contributed by atoms with E-state index in [-0.39, 0.29) is 0 Å². The molecule has 3 nitrogen and oxygen atoms in total. The lowest BCUT2D eigenvalue weighted by Gasteiger charge is -2.32. The van der Waals surface area contributed by atoms with Gasteiger partial charge in [-0.1, -0.05) is 20.3 Å². The fourth-order valence-electron chi connectivity index (χ4n) is 3.34. The van der Waals surface area contributed by atoms with Crippen LogP contribution in [0.4, 0.5) is 0 Å². The third-order valence-electron chi connectivity index (χ3n) is 5.15. The Kier molecular flexibility index (Phi) is 4.68. The van der Waals surface area contributed by atoms with Crippen molar-refractivity contribution in [3.8, 4) is 0 Å². The highest BCUT2D eigenvalue weighted by molar-refractivity contribution is 4.94. The maximum absolute atomic E-state index is 10.3. The molecule has 0 spiro atoms. The Balaban J connectivity index is 1.84. The van der Waals surface area contributed by atoms with Gasteiger partial charge in [-0.2, -0.15) is 0 Å². The second-order valence-electron chi connectivity index (χ2n) is 6.80. The van der Waals surface area contributed by atoms with Gasteiger partial charge in [-0.25, -0.2) is 0 Å². The lowest BCUT2D eigenvalue weighted by Crippen LogP contribution is -2.49. The Hall–Kier alpha value is -0.120.